The van der Waals surface area contributed by atoms with E-state index < -0.39 is 34.0 Å². The van der Waals surface area contributed by atoms with Gasteiger partial charge < -0.3 is 10.1 Å². The number of para-hydroxylation sites is 1. The van der Waals surface area contributed by atoms with Gasteiger partial charge in [0, 0.05) is 6.54 Å². The molecule has 9 nitrogen and oxygen atoms in total. The molecule has 2 aromatic carbocycles. The molecule has 0 bridgehead atoms. The summed E-state index contributed by atoms with van der Waals surface area (Å²) in [5, 5.41) is 4.43. The van der Waals surface area contributed by atoms with Crippen LogP contribution < -0.4 is 14.9 Å². The van der Waals surface area contributed by atoms with Gasteiger partial charge >= 0.3 is 12.0 Å². The van der Waals surface area contributed by atoms with Gasteiger partial charge in [-0.2, -0.15) is 0 Å². The fourth-order valence-electron chi connectivity index (χ4n) is 2.66. The molecule has 170 valence electrons. The lowest BCUT2D eigenvalue weighted by atomic mass is 10.2. The SMILES string of the molecule is C=CCN(c1ccccc1)S(=O)(=O)c1cccc(C(=O)OC(C)C(=O)NC(=O)NCC)c1. The molecule has 0 fully saturated rings. The highest BCUT2D eigenvalue weighted by Crippen LogP contribution is 2.24. The van der Waals surface area contributed by atoms with E-state index >= 15 is 0 Å². The fraction of sp³-hybridized carbons (Fsp3) is 0.227. The van der Waals surface area contributed by atoms with Crippen molar-refractivity contribution < 1.29 is 27.5 Å². The first-order chi connectivity index (χ1) is 15.2. The number of nitrogens with zero attached hydrogens (tertiary/aromatic N) is 1. The number of hydrogen-bond donors (Lipinski definition) is 2. The van der Waals surface area contributed by atoms with Crippen LogP contribution in [-0.4, -0.2) is 45.5 Å². The minimum Gasteiger partial charge on any atom is -0.449 e. The zero-order chi connectivity index (χ0) is 23.7. The van der Waals surface area contributed by atoms with Gasteiger partial charge in [-0.15, -0.1) is 6.58 Å². The smallest absolute Gasteiger partial charge is 0.338 e. The van der Waals surface area contributed by atoms with Gasteiger partial charge in [0.2, 0.25) is 0 Å². The summed E-state index contributed by atoms with van der Waals surface area (Å²) >= 11 is 0. The summed E-state index contributed by atoms with van der Waals surface area (Å²) in [6.07, 6.45) is 0.185. The molecule has 0 spiro atoms. The van der Waals surface area contributed by atoms with Crippen LogP contribution in [0.15, 0.2) is 72.1 Å². The van der Waals surface area contributed by atoms with Crippen molar-refractivity contribution in [3.05, 3.63) is 72.8 Å². The van der Waals surface area contributed by atoms with Crippen molar-refractivity contribution in [2.24, 2.45) is 0 Å². The molecule has 3 amide bonds. The van der Waals surface area contributed by atoms with E-state index in [1.807, 2.05) is 5.32 Å². The highest BCUT2D eigenvalue weighted by atomic mass is 32.2. The van der Waals surface area contributed by atoms with Crippen molar-refractivity contribution in [2.45, 2.75) is 24.8 Å². The second kappa shape index (κ2) is 11.1. The molecule has 0 aliphatic rings. The Labute approximate surface area is 187 Å². The van der Waals surface area contributed by atoms with Crippen molar-refractivity contribution in [3.8, 4) is 0 Å². The molecule has 2 N–H and O–H groups in total. The minimum absolute atomic E-state index is 0.0258. The number of anilines is 1. The molecule has 2 aromatic rings. The number of rotatable bonds is 9. The highest BCUT2D eigenvalue weighted by molar-refractivity contribution is 7.92. The Morgan fingerprint density at radius 1 is 1.12 bits per heavy atom. The second-order valence-electron chi connectivity index (χ2n) is 6.58. The normalized spacial score (nSPS) is 11.7. The summed E-state index contributed by atoms with van der Waals surface area (Å²) in [6.45, 7) is 6.94. The summed E-state index contributed by atoms with van der Waals surface area (Å²) in [7, 11) is -4.02. The number of hydrogen-bond acceptors (Lipinski definition) is 6. The lowest BCUT2D eigenvalue weighted by molar-refractivity contribution is -0.127. The van der Waals surface area contributed by atoms with Crippen LogP contribution in [-0.2, 0) is 19.6 Å². The molecule has 10 heteroatoms. The van der Waals surface area contributed by atoms with Gasteiger partial charge in [-0.25, -0.2) is 18.0 Å². The Morgan fingerprint density at radius 2 is 1.81 bits per heavy atom. The Kier molecular flexibility index (Phi) is 8.54. The number of amides is 3. The number of nitrogens with one attached hydrogen (secondary N) is 2. The maximum Gasteiger partial charge on any atom is 0.338 e. The monoisotopic (exact) mass is 459 g/mol. The van der Waals surface area contributed by atoms with Gasteiger partial charge in [0.1, 0.15) is 0 Å². The quantitative estimate of drug-likeness (QED) is 0.439. The molecule has 0 aliphatic heterocycles. The van der Waals surface area contributed by atoms with Crippen LogP contribution in [0.25, 0.3) is 0 Å². The molecule has 0 saturated heterocycles. The van der Waals surface area contributed by atoms with Crippen LogP contribution in [0.5, 0.6) is 0 Å². The first-order valence-electron chi connectivity index (χ1n) is 9.79. The van der Waals surface area contributed by atoms with Crippen molar-refractivity contribution in [1.82, 2.24) is 10.6 Å². The van der Waals surface area contributed by atoms with Crippen molar-refractivity contribution in [3.63, 3.8) is 0 Å². The summed E-state index contributed by atoms with van der Waals surface area (Å²) in [5.74, 6) is -1.72. The van der Waals surface area contributed by atoms with Gasteiger partial charge in [-0.3, -0.25) is 14.4 Å². The third kappa shape index (κ3) is 6.17. The standard InChI is InChI=1S/C22H25N3O6S/c1-4-14-25(18-11-7-6-8-12-18)32(29,30)19-13-9-10-17(15-19)21(27)31-16(3)20(26)24-22(28)23-5-2/h4,6-13,15-16H,1,5,14H2,2-3H3,(H2,23,24,26,28). The molecule has 0 aliphatic carbocycles. The van der Waals surface area contributed by atoms with Gasteiger partial charge in [0.25, 0.3) is 15.9 Å². The van der Waals surface area contributed by atoms with E-state index in [2.05, 4.69) is 11.9 Å². The first-order valence-corrected chi connectivity index (χ1v) is 11.2. The third-order valence-corrected chi connectivity index (χ3v) is 6.01. The maximum absolute atomic E-state index is 13.2. The average molecular weight is 460 g/mol. The van der Waals surface area contributed by atoms with Crippen LogP contribution in [0.1, 0.15) is 24.2 Å². The third-order valence-electron chi connectivity index (χ3n) is 4.22. The zero-order valence-corrected chi connectivity index (χ0v) is 18.6. The molecule has 0 heterocycles. The van der Waals surface area contributed by atoms with Gasteiger partial charge in [-0.1, -0.05) is 30.3 Å². The molecule has 2 rings (SSSR count). The van der Waals surface area contributed by atoms with Gasteiger partial charge in [-0.05, 0) is 44.2 Å². The average Bonchev–Trinajstić information content (AvgIpc) is 2.78. The Bertz CT molecular complexity index is 1090. The van der Waals surface area contributed by atoms with Crippen LogP contribution >= 0.6 is 0 Å². The van der Waals surface area contributed by atoms with E-state index in [-0.39, 0.29) is 17.0 Å². The highest BCUT2D eigenvalue weighted by Gasteiger charge is 2.26. The summed E-state index contributed by atoms with van der Waals surface area (Å²) in [6, 6.07) is 13.1. The number of carbonyl (C=O) groups excluding carboxylic acids is 3. The van der Waals surface area contributed by atoms with Gasteiger partial charge in [0.15, 0.2) is 6.10 Å². The van der Waals surface area contributed by atoms with Crippen LogP contribution in [0.3, 0.4) is 0 Å². The van der Waals surface area contributed by atoms with E-state index in [1.54, 1.807) is 37.3 Å². The first kappa shape index (κ1) is 24.6. The minimum atomic E-state index is -4.02. The Hall–Kier alpha value is -3.66. The molecule has 0 saturated carbocycles. The lowest BCUT2D eigenvalue weighted by Gasteiger charge is -2.23. The van der Waals surface area contributed by atoms with Gasteiger partial charge in [0.05, 0.1) is 22.7 Å². The molecule has 0 aromatic heterocycles. The maximum atomic E-state index is 13.2. The molecular weight excluding hydrogens is 434 g/mol. The van der Waals surface area contributed by atoms with E-state index in [0.29, 0.717) is 12.2 Å². The number of carbonyl (C=O) groups is 3. The number of ether oxygens (including phenoxy) is 1. The van der Waals surface area contributed by atoms with E-state index in [9.17, 15) is 22.8 Å². The van der Waals surface area contributed by atoms with E-state index in [4.69, 9.17) is 4.74 Å². The summed E-state index contributed by atoms with van der Waals surface area (Å²) in [5.41, 5.74) is 0.381. The van der Waals surface area contributed by atoms with Crippen molar-refractivity contribution >= 4 is 33.6 Å². The van der Waals surface area contributed by atoms with E-state index in [1.165, 1.54) is 37.3 Å². The second-order valence-corrected chi connectivity index (χ2v) is 8.45. The zero-order valence-electron chi connectivity index (χ0n) is 17.8. The predicted molar refractivity (Wildman–Crippen MR) is 120 cm³/mol. The van der Waals surface area contributed by atoms with Crippen molar-refractivity contribution in [1.29, 1.82) is 0 Å². The molecular formula is C22H25N3O6S. The van der Waals surface area contributed by atoms with Crippen LogP contribution in [0.2, 0.25) is 0 Å². The molecule has 1 atom stereocenters. The van der Waals surface area contributed by atoms with Crippen LogP contribution in [0, 0.1) is 0 Å². The van der Waals surface area contributed by atoms with Crippen LogP contribution in [0.4, 0.5) is 10.5 Å². The van der Waals surface area contributed by atoms with E-state index in [0.717, 1.165) is 4.31 Å². The molecule has 0 radical (unpaired) electrons. The molecule has 32 heavy (non-hydrogen) atoms. The fourth-order valence-corrected chi connectivity index (χ4v) is 4.15. The number of benzene rings is 2. The predicted octanol–water partition coefficient (Wildman–Crippen LogP) is 2.46. The summed E-state index contributed by atoms with van der Waals surface area (Å²) in [4.78, 5) is 35.8. The Balaban J connectivity index is 2.23. The number of imide groups is 1. The number of urea groups is 1. The lowest BCUT2D eigenvalue weighted by Crippen LogP contribution is -2.44. The number of esters is 1. The number of sulfonamides is 1. The Morgan fingerprint density at radius 3 is 2.44 bits per heavy atom. The summed E-state index contributed by atoms with van der Waals surface area (Å²) < 4.78 is 32.7. The largest absolute Gasteiger partial charge is 0.449 e. The van der Waals surface area contributed by atoms with Crippen molar-refractivity contribution in [2.75, 3.05) is 17.4 Å². The molecule has 1 unspecified atom stereocenters. The topological polar surface area (TPSA) is 122 Å².